The third kappa shape index (κ3) is 4.97. The van der Waals surface area contributed by atoms with E-state index in [0.29, 0.717) is 11.5 Å². The largest absolute Gasteiger partial charge is 0.349 e. The van der Waals surface area contributed by atoms with Gasteiger partial charge >= 0.3 is 0 Å². The lowest BCUT2D eigenvalue weighted by molar-refractivity contribution is -0.120. The highest BCUT2D eigenvalue weighted by Gasteiger charge is 2.17. The maximum absolute atomic E-state index is 12.5. The zero-order chi connectivity index (χ0) is 19.2. The average Bonchev–Trinajstić information content (AvgIpc) is 3.17. The fourth-order valence-electron chi connectivity index (χ4n) is 2.68. The van der Waals surface area contributed by atoms with Gasteiger partial charge in [-0.1, -0.05) is 29.8 Å². The number of tetrazole rings is 1. The van der Waals surface area contributed by atoms with Gasteiger partial charge in [-0.3, -0.25) is 9.59 Å². The molecule has 1 unspecified atom stereocenters. The molecular weight excluding hydrogens is 344 g/mol. The minimum Gasteiger partial charge on any atom is -0.349 e. The number of benzene rings is 2. The molecule has 3 rings (SSSR count). The molecule has 0 saturated heterocycles. The first-order chi connectivity index (χ1) is 13.0. The summed E-state index contributed by atoms with van der Waals surface area (Å²) in [6, 6.07) is 14.5. The van der Waals surface area contributed by atoms with E-state index in [1.807, 2.05) is 31.2 Å². The molecule has 0 saturated carbocycles. The molecular formula is C19H20N6O2. The number of aromatic nitrogens is 4. The molecule has 3 N–H and O–H groups in total. The summed E-state index contributed by atoms with van der Waals surface area (Å²) in [4.78, 5) is 24.0. The molecule has 0 aliphatic carbocycles. The van der Waals surface area contributed by atoms with Gasteiger partial charge in [-0.25, -0.2) is 0 Å². The number of aromatic amines is 1. The van der Waals surface area contributed by atoms with Gasteiger partial charge in [-0.15, -0.1) is 10.2 Å². The van der Waals surface area contributed by atoms with Crippen LogP contribution in [-0.4, -0.2) is 32.4 Å². The number of nitrogens with zero attached hydrogens (tertiary/aromatic N) is 3. The van der Waals surface area contributed by atoms with Crippen molar-refractivity contribution in [2.45, 2.75) is 26.3 Å². The Bertz CT molecular complexity index is 904. The highest BCUT2D eigenvalue weighted by molar-refractivity contribution is 5.91. The van der Waals surface area contributed by atoms with Crippen LogP contribution in [0.4, 0.5) is 5.69 Å². The van der Waals surface area contributed by atoms with Crippen LogP contribution >= 0.6 is 0 Å². The standard InChI is InChI=1S/C19H20N6O2/c1-12-3-5-14(6-4-12)17(20-13(2)26)11-18(27)21-16-9-7-15(8-10-16)19-22-24-25-23-19/h3-10,17H,11H2,1-2H3,(H,20,26)(H,21,27)(H,22,23,24,25). The number of aryl methyl sites for hydroxylation is 1. The Morgan fingerprint density at radius 1 is 1.07 bits per heavy atom. The van der Waals surface area contributed by atoms with E-state index >= 15 is 0 Å². The van der Waals surface area contributed by atoms with E-state index in [2.05, 4.69) is 31.3 Å². The van der Waals surface area contributed by atoms with E-state index in [1.54, 1.807) is 24.3 Å². The zero-order valence-electron chi connectivity index (χ0n) is 15.1. The quantitative estimate of drug-likeness (QED) is 0.621. The third-order valence-corrected chi connectivity index (χ3v) is 4.02. The molecule has 3 aromatic rings. The highest BCUT2D eigenvalue weighted by atomic mass is 16.2. The Hall–Kier alpha value is -3.55. The van der Waals surface area contributed by atoms with Crippen LogP contribution in [0.5, 0.6) is 0 Å². The second-order valence-electron chi connectivity index (χ2n) is 6.23. The van der Waals surface area contributed by atoms with Crippen LogP contribution < -0.4 is 10.6 Å². The average molecular weight is 364 g/mol. The van der Waals surface area contributed by atoms with Gasteiger partial charge in [-0.05, 0) is 42.0 Å². The number of carbonyl (C=O) groups excluding carboxylic acids is 2. The number of H-pyrrole nitrogens is 1. The molecule has 0 spiro atoms. The first kappa shape index (κ1) is 18.2. The van der Waals surface area contributed by atoms with E-state index in [4.69, 9.17) is 0 Å². The molecule has 1 heterocycles. The molecule has 8 nitrogen and oxygen atoms in total. The number of anilines is 1. The lowest BCUT2D eigenvalue weighted by atomic mass is 10.0. The Balaban J connectivity index is 1.66. The molecule has 0 radical (unpaired) electrons. The first-order valence-electron chi connectivity index (χ1n) is 8.48. The minimum absolute atomic E-state index is 0.134. The van der Waals surface area contributed by atoms with Crippen molar-refractivity contribution in [3.05, 3.63) is 59.7 Å². The third-order valence-electron chi connectivity index (χ3n) is 4.02. The van der Waals surface area contributed by atoms with Crippen LogP contribution in [0.2, 0.25) is 0 Å². The van der Waals surface area contributed by atoms with Gasteiger partial charge in [0.15, 0.2) is 0 Å². The fraction of sp³-hybridized carbons (Fsp3) is 0.211. The predicted octanol–water partition coefficient (Wildman–Crippen LogP) is 2.38. The van der Waals surface area contributed by atoms with Gasteiger partial charge in [0.2, 0.25) is 17.6 Å². The van der Waals surface area contributed by atoms with E-state index in [9.17, 15) is 9.59 Å². The molecule has 2 amide bonds. The van der Waals surface area contributed by atoms with Crippen LogP contribution in [0, 0.1) is 6.92 Å². The molecule has 0 aliphatic heterocycles. The number of nitrogens with one attached hydrogen (secondary N) is 3. The molecule has 27 heavy (non-hydrogen) atoms. The molecule has 2 aromatic carbocycles. The maximum atomic E-state index is 12.5. The van der Waals surface area contributed by atoms with Crippen molar-refractivity contribution in [3.63, 3.8) is 0 Å². The number of rotatable bonds is 6. The predicted molar refractivity (Wildman–Crippen MR) is 101 cm³/mol. The second kappa shape index (κ2) is 8.22. The van der Waals surface area contributed by atoms with Gasteiger partial charge in [0.05, 0.1) is 12.5 Å². The van der Waals surface area contributed by atoms with Crippen molar-refractivity contribution < 1.29 is 9.59 Å². The van der Waals surface area contributed by atoms with Crippen molar-refractivity contribution in [1.82, 2.24) is 25.9 Å². The molecule has 0 fully saturated rings. The lowest BCUT2D eigenvalue weighted by Crippen LogP contribution is -2.29. The summed E-state index contributed by atoms with van der Waals surface area (Å²) in [6.45, 7) is 3.43. The van der Waals surface area contributed by atoms with Gasteiger partial charge in [0.1, 0.15) is 0 Å². The van der Waals surface area contributed by atoms with E-state index in [-0.39, 0.29) is 24.3 Å². The molecule has 138 valence electrons. The molecule has 8 heteroatoms. The fourth-order valence-corrected chi connectivity index (χ4v) is 2.68. The van der Waals surface area contributed by atoms with Gasteiger partial charge in [-0.2, -0.15) is 5.21 Å². The van der Waals surface area contributed by atoms with Gasteiger partial charge in [0, 0.05) is 18.2 Å². The molecule has 1 aromatic heterocycles. The summed E-state index contributed by atoms with van der Waals surface area (Å²) in [5.41, 5.74) is 3.44. The van der Waals surface area contributed by atoms with Gasteiger partial charge < -0.3 is 10.6 Å². The number of carbonyl (C=O) groups is 2. The second-order valence-corrected chi connectivity index (χ2v) is 6.23. The summed E-state index contributed by atoms with van der Waals surface area (Å²) >= 11 is 0. The Morgan fingerprint density at radius 3 is 2.37 bits per heavy atom. The Labute approximate surface area is 156 Å². The smallest absolute Gasteiger partial charge is 0.226 e. The van der Waals surface area contributed by atoms with Crippen LogP contribution in [0.25, 0.3) is 11.4 Å². The van der Waals surface area contributed by atoms with Crippen LogP contribution in [0.3, 0.4) is 0 Å². The summed E-state index contributed by atoms with van der Waals surface area (Å²) in [6.07, 6.45) is 0.134. The monoisotopic (exact) mass is 364 g/mol. The van der Waals surface area contributed by atoms with E-state index in [0.717, 1.165) is 16.7 Å². The van der Waals surface area contributed by atoms with Crippen molar-refractivity contribution >= 4 is 17.5 Å². The van der Waals surface area contributed by atoms with Crippen molar-refractivity contribution in [1.29, 1.82) is 0 Å². The van der Waals surface area contributed by atoms with Crippen molar-refractivity contribution in [2.24, 2.45) is 0 Å². The van der Waals surface area contributed by atoms with Crippen LogP contribution in [0.15, 0.2) is 48.5 Å². The first-order valence-corrected chi connectivity index (χ1v) is 8.48. The Morgan fingerprint density at radius 2 is 1.78 bits per heavy atom. The minimum atomic E-state index is -0.387. The van der Waals surface area contributed by atoms with E-state index < -0.39 is 0 Å². The summed E-state index contributed by atoms with van der Waals surface area (Å²) in [7, 11) is 0. The highest BCUT2D eigenvalue weighted by Crippen LogP contribution is 2.20. The Kier molecular flexibility index (Phi) is 5.55. The number of hydrogen-bond acceptors (Lipinski definition) is 5. The zero-order valence-corrected chi connectivity index (χ0v) is 15.1. The van der Waals surface area contributed by atoms with Crippen LogP contribution in [-0.2, 0) is 9.59 Å². The number of amides is 2. The summed E-state index contributed by atoms with van der Waals surface area (Å²) < 4.78 is 0. The van der Waals surface area contributed by atoms with Crippen molar-refractivity contribution in [3.8, 4) is 11.4 Å². The maximum Gasteiger partial charge on any atom is 0.226 e. The molecule has 0 aliphatic rings. The summed E-state index contributed by atoms with van der Waals surface area (Å²) in [5, 5.41) is 19.4. The van der Waals surface area contributed by atoms with E-state index in [1.165, 1.54) is 6.92 Å². The number of hydrogen-bond donors (Lipinski definition) is 3. The topological polar surface area (TPSA) is 113 Å². The van der Waals surface area contributed by atoms with Crippen molar-refractivity contribution in [2.75, 3.05) is 5.32 Å². The SMILES string of the molecule is CC(=O)NC(CC(=O)Nc1ccc(-c2nn[nH]n2)cc1)c1ccc(C)cc1. The molecule has 1 atom stereocenters. The van der Waals surface area contributed by atoms with Crippen LogP contribution in [0.1, 0.15) is 30.5 Å². The normalized spacial score (nSPS) is 11.6. The molecule has 0 bridgehead atoms. The van der Waals surface area contributed by atoms with Gasteiger partial charge in [0.25, 0.3) is 0 Å². The lowest BCUT2D eigenvalue weighted by Gasteiger charge is -2.18. The summed E-state index contributed by atoms with van der Waals surface area (Å²) in [5.74, 6) is 0.109.